The molecule has 0 amide bonds. The Kier molecular flexibility index (Phi) is 4.46. The third kappa shape index (κ3) is 2.80. The van der Waals surface area contributed by atoms with Crippen LogP contribution in [0.3, 0.4) is 0 Å². The van der Waals surface area contributed by atoms with Crippen LogP contribution in [0.1, 0.15) is 5.56 Å². The number of pyridine rings is 1. The first-order valence-electron chi connectivity index (χ1n) is 6.24. The van der Waals surface area contributed by atoms with E-state index in [2.05, 4.69) is 77.4 Å². The van der Waals surface area contributed by atoms with Crippen molar-refractivity contribution in [3.8, 4) is 16.9 Å². The van der Waals surface area contributed by atoms with Gasteiger partial charge in [0, 0.05) is 63.7 Å². The fourth-order valence-corrected chi connectivity index (χ4v) is 3.94. The molecule has 108 valence electrons. The van der Waals surface area contributed by atoms with E-state index in [1.807, 2.05) is 12.3 Å². The van der Waals surface area contributed by atoms with E-state index < -0.39 is 0 Å². The van der Waals surface area contributed by atoms with Gasteiger partial charge in [0.2, 0.25) is 0 Å². The number of aromatic nitrogens is 2. The van der Waals surface area contributed by atoms with E-state index in [9.17, 15) is 0 Å². The smallest absolute Gasteiger partial charge is 0.151 e. The summed E-state index contributed by atoms with van der Waals surface area (Å²) in [6, 6.07) is 8.32. The predicted octanol–water partition coefficient (Wildman–Crippen LogP) is 5.63. The Balaban J connectivity index is 2.34. The second-order valence-electron chi connectivity index (χ2n) is 4.67. The first-order valence-corrected chi connectivity index (χ1v) is 10.4. The van der Waals surface area contributed by atoms with Crippen molar-refractivity contribution >= 4 is 57.3 Å². The van der Waals surface area contributed by atoms with Crippen molar-refractivity contribution in [3.63, 3.8) is 0 Å². The van der Waals surface area contributed by atoms with Gasteiger partial charge in [0.05, 0.1) is 7.11 Å². The monoisotopic (exact) mass is 474 g/mol. The summed E-state index contributed by atoms with van der Waals surface area (Å²) in [5.74, 6) is 0.873. The third-order valence-electron chi connectivity index (χ3n) is 3.30. The van der Waals surface area contributed by atoms with Crippen molar-refractivity contribution in [1.82, 2.24) is 8.96 Å². The summed E-state index contributed by atoms with van der Waals surface area (Å²) in [7, 11) is 3.31. The molecule has 0 radical (unpaired) electrons. The van der Waals surface area contributed by atoms with Gasteiger partial charge >= 0.3 is 0 Å². The number of methoxy groups -OCH3 is 1. The molecule has 0 unspecified atom stereocenters. The Morgan fingerprint density at radius 1 is 1.29 bits per heavy atom. The fraction of sp³-hybridized carbons (Fsp3) is 0.133. The Labute approximate surface area is 147 Å². The number of halogens is 2. The number of ether oxygens (including phenoxy) is 1. The van der Waals surface area contributed by atoms with E-state index in [1.165, 1.54) is 5.56 Å². The SMILES string of the molecule is COc1ccc(C)cc1-c1cn(SI)c2ncc(Br)cc12. The minimum absolute atomic E-state index is 0.873. The maximum absolute atomic E-state index is 5.53. The van der Waals surface area contributed by atoms with E-state index in [0.29, 0.717) is 0 Å². The van der Waals surface area contributed by atoms with Crippen LogP contribution >= 0.6 is 46.3 Å². The zero-order chi connectivity index (χ0) is 15.0. The van der Waals surface area contributed by atoms with Crippen molar-refractivity contribution in [3.05, 3.63) is 46.7 Å². The van der Waals surface area contributed by atoms with E-state index in [-0.39, 0.29) is 0 Å². The average molecular weight is 475 g/mol. The van der Waals surface area contributed by atoms with E-state index in [1.54, 1.807) is 16.2 Å². The molecule has 0 spiro atoms. The highest BCUT2D eigenvalue weighted by Gasteiger charge is 2.15. The molecule has 0 atom stereocenters. The summed E-state index contributed by atoms with van der Waals surface area (Å²) in [5.41, 5.74) is 4.38. The van der Waals surface area contributed by atoms with Gasteiger partial charge in [-0.15, -0.1) is 0 Å². The van der Waals surface area contributed by atoms with Crippen LogP contribution in [0.15, 0.2) is 41.1 Å². The van der Waals surface area contributed by atoms with Crippen LogP contribution in [0.2, 0.25) is 0 Å². The Morgan fingerprint density at radius 2 is 2.10 bits per heavy atom. The summed E-state index contributed by atoms with van der Waals surface area (Å²) in [6.45, 7) is 2.09. The largest absolute Gasteiger partial charge is 0.496 e. The highest BCUT2D eigenvalue weighted by Crippen LogP contribution is 2.39. The van der Waals surface area contributed by atoms with Crippen molar-refractivity contribution in [2.75, 3.05) is 7.11 Å². The van der Waals surface area contributed by atoms with Crippen molar-refractivity contribution in [1.29, 1.82) is 0 Å². The number of hydrogen-bond donors (Lipinski definition) is 0. The molecule has 1 aromatic carbocycles. The number of nitrogens with zero attached hydrogens (tertiary/aromatic N) is 2. The molecule has 6 heteroatoms. The van der Waals surface area contributed by atoms with Gasteiger partial charge in [0.15, 0.2) is 5.65 Å². The van der Waals surface area contributed by atoms with Gasteiger partial charge in [-0.25, -0.2) is 4.98 Å². The maximum atomic E-state index is 5.53. The second-order valence-corrected chi connectivity index (χ2v) is 7.29. The first-order chi connectivity index (χ1) is 10.1. The van der Waals surface area contributed by atoms with Gasteiger partial charge in [0.25, 0.3) is 0 Å². The van der Waals surface area contributed by atoms with Crippen LogP contribution in [0.25, 0.3) is 22.2 Å². The van der Waals surface area contributed by atoms with Crippen molar-refractivity contribution in [2.45, 2.75) is 6.92 Å². The number of hydrogen-bond acceptors (Lipinski definition) is 3. The molecule has 0 saturated heterocycles. The molecule has 0 aliphatic carbocycles. The lowest BCUT2D eigenvalue weighted by molar-refractivity contribution is 0.416. The number of fused-ring (bicyclic) bond motifs is 1. The highest BCUT2D eigenvalue weighted by atomic mass is 127. The molecule has 0 bridgehead atoms. The lowest BCUT2D eigenvalue weighted by Gasteiger charge is -2.08. The minimum atomic E-state index is 0.873. The van der Waals surface area contributed by atoms with E-state index >= 15 is 0 Å². The standard InChI is InChI=1S/C15H12BrIN2OS/c1-9-3-4-14(20-2)11(5-9)13-8-19(21-17)15-12(13)6-10(16)7-18-15/h3-8H,1-2H3. The predicted molar refractivity (Wildman–Crippen MR) is 101 cm³/mol. The van der Waals surface area contributed by atoms with E-state index in [0.717, 1.165) is 32.4 Å². The molecular weight excluding hydrogens is 463 g/mol. The molecule has 21 heavy (non-hydrogen) atoms. The molecule has 0 fully saturated rings. The van der Waals surface area contributed by atoms with Crippen molar-refractivity contribution in [2.24, 2.45) is 0 Å². The summed E-state index contributed by atoms with van der Waals surface area (Å²) < 4.78 is 8.57. The second kappa shape index (κ2) is 6.18. The van der Waals surface area contributed by atoms with Crippen LogP contribution < -0.4 is 4.74 Å². The minimum Gasteiger partial charge on any atom is -0.496 e. The fourth-order valence-electron chi connectivity index (χ4n) is 2.35. The van der Waals surface area contributed by atoms with Gasteiger partial charge < -0.3 is 4.74 Å². The van der Waals surface area contributed by atoms with Gasteiger partial charge in [-0.1, -0.05) is 11.6 Å². The van der Waals surface area contributed by atoms with Crippen LogP contribution in [0.5, 0.6) is 5.75 Å². The van der Waals surface area contributed by atoms with Crippen LogP contribution in [0, 0.1) is 6.92 Å². The Hall–Kier alpha value is -0.730. The van der Waals surface area contributed by atoms with Crippen LogP contribution in [0.4, 0.5) is 0 Å². The Bertz CT molecular complexity index is 819. The summed E-state index contributed by atoms with van der Waals surface area (Å²) in [6.07, 6.45) is 3.93. The molecule has 2 heterocycles. The van der Waals surface area contributed by atoms with Gasteiger partial charge in [-0.2, -0.15) is 0 Å². The maximum Gasteiger partial charge on any atom is 0.151 e. The molecular formula is C15H12BrIN2OS. The molecule has 3 rings (SSSR count). The lowest BCUT2D eigenvalue weighted by atomic mass is 10.0. The zero-order valence-corrected chi connectivity index (χ0v) is 16.0. The van der Waals surface area contributed by atoms with Gasteiger partial charge in [-0.05, 0) is 41.1 Å². The first kappa shape index (κ1) is 15.2. The molecule has 3 nitrogen and oxygen atoms in total. The molecule has 0 aliphatic heterocycles. The topological polar surface area (TPSA) is 27.1 Å². The third-order valence-corrected chi connectivity index (χ3v) is 5.43. The Morgan fingerprint density at radius 3 is 2.81 bits per heavy atom. The number of benzene rings is 1. The molecule has 0 aliphatic rings. The molecule has 0 saturated carbocycles. The molecule has 0 N–H and O–H groups in total. The molecule has 2 aromatic heterocycles. The summed E-state index contributed by atoms with van der Waals surface area (Å²) in [5, 5.41) is 1.11. The normalized spacial score (nSPS) is 11.0. The highest BCUT2D eigenvalue weighted by molar-refractivity contribution is 14.2. The zero-order valence-electron chi connectivity index (χ0n) is 11.4. The number of aryl methyl sites for hydroxylation is 1. The average Bonchev–Trinajstić information content (AvgIpc) is 2.84. The van der Waals surface area contributed by atoms with E-state index in [4.69, 9.17) is 4.74 Å². The van der Waals surface area contributed by atoms with Gasteiger partial charge in [0.1, 0.15) is 5.75 Å². The van der Waals surface area contributed by atoms with Crippen molar-refractivity contribution < 1.29 is 4.74 Å². The molecule has 3 aromatic rings. The van der Waals surface area contributed by atoms with Crippen LogP contribution in [-0.4, -0.2) is 16.1 Å². The number of rotatable bonds is 3. The van der Waals surface area contributed by atoms with Crippen LogP contribution in [-0.2, 0) is 0 Å². The summed E-state index contributed by atoms with van der Waals surface area (Å²) >= 11 is 5.77. The van der Waals surface area contributed by atoms with Gasteiger partial charge in [-0.3, -0.25) is 3.97 Å². The lowest BCUT2D eigenvalue weighted by Crippen LogP contribution is -1.88. The quantitative estimate of drug-likeness (QED) is 0.460. The summed E-state index contributed by atoms with van der Waals surface area (Å²) in [4.78, 5) is 4.53.